The summed E-state index contributed by atoms with van der Waals surface area (Å²) in [4.78, 5) is 13.6. The van der Waals surface area contributed by atoms with E-state index >= 15 is 0 Å². The van der Waals surface area contributed by atoms with Crippen LogP contribution in [0.5, 0.6) is 0 Å². The molecule has 6 heteroatoms. The molecule has 0 radical (unpaired) electrons. The standard InChI is InChI=1S/C26H30N2O3S/c1-5-24(28(32(4,30)31)22-17-15-19(2)16-18-22)26(29)27-25(21-12-7-6-8-13-21)23-14-10-9-11-20(23)3/h6-18,24-25H,5H2,1-4H3,(H,27,29)/t24-,25-/m1/s1. The van der Waals surface area contributed by atoms with Crippen LogP contribution in [0.4, 0.5) is 5.69 Å². The molecular weight excluding hydrogens is 420 g/mol. The number of nitrogens with zero attached hydrogens (tertiary/aromatic N) is 1. The molecule has 0 bridgehead atoms. The molecule has 3 aromatic rings. The van der Waals surface area contributed by atoms with E-state index in [-0.39, 0.29) is 5.91 Å². The van der Waals surface area contributed by atoms with Gasteiger partial charge in [0, 0.05) is 0 Å². The first kappa shape index (κ1) is 23.5. The van der Waals surface area contributed by atoms with Gasteiger partial charge in [-0.25, -0.2) is 8.42 Å². The van der Waals surface area contributed by atoms with Gasteiger partial charge in [-0.3, -0.25) is 9.10 Å². The number of aryl methyl sites for hydroxylation is 2. The van der Waals surface area contributed by atoms with Crippen molar-refractivity contribution in [1.29, 1.82) is 0 Å². The van der Waals surface area contributed by atoms with Crippen LogP contribution in [0.2, 0.25) is 0 Å². The highest BCUT2D eigenvalue weighted by molar-refractivity contribution is 7.92. The highest BCUT2D eigenvalue weighted by Gasteiger charge is 2.33. The Balaban J connectivity index is 2.01. The summed E-state index contributed by atoms with van der Waals surface area (Å²) >= 11 is 0. The third kappa shape index (κ3) is 5.37. The molecule has 168 valence electrons. The van der Waals surface area contributed by atoms with Gasteiger partial charge in [0.25, 0.3) is 0 Å². The highest BCUT2D eigenvalue weighted by atomic mass is 32.2. The molecule has 2 atom stereocenters. The number of amides is 1. The maximum absolute atomic E-state index is 13.6. The number of sulfonamides is 1. The Morgan fingerprint density at radius 2 is 1.50 bits per heavy atom. The topological polar surface area (TPSA) is 66.5 Å². The van der Waals surface area contributed by atoms with Gasteiger partial charge in [0.05, 0.1) is 18.0 Å². The maximum Gasteiger partial charge on any atom is 0.244 e. The van der Waals surface area contributed by atoms with Crippen molar-refractivity contribution in [1.82, 2.24) is 5.32 Å². The molecule has 0 aromatic heterocycles. The average Bonchev–Trinajstić information content (AvgIpc) is 2.77. The first-order chi connectivity index (χ1) is 15.2. The summed E-state index contributed by atoms with van der Waals surface area (Å²) in [7, 11) is -3.69. The fourth-order valence-electron chi connectivity index (χ4n) is 3.89. The Morgan fingerprint density at radius 3 is 2.06 bits per heavy atom. The SMILES string of the molecule is CC[C@H](C(=O)N[C@H](c1ccccc1)c1ccccc1C)N(c1ccc(C)cc1)S(C)(=O)=O. The van der Waals surface area contributed by atoms with Crippen molar-refractivity contribution < 1.29 is 13.2 Å². The first-order valence-electron chi connectivity index (χ1n) is 10.7. The van der Waals surface area contributed by atoms with Crippen LogP contribution >= 0.6 is 0 Å². The number of carbonyl (C=O) groups is 1. The van der Waals surface area contributed by atoms with E-state index in [0.29, 0.717) is 12.1 Å². The van der Waals surface area contributed by atoms with E-state index in [1.54, 1.807) is 12.1 Å². The summed E-state index contributed by atoms with van der Waals surface area (Å²) in [6.45, 7) is 5.76. The van der Waals surface area contributed by atoms with Gasteiger partial charge in [0.1, 0.15) is 6.04 Å². The lowest BCUT2D eigenvalue weighted by molar-refractivity contribution is -0.122. The molecule has 0 aliphatic heterocycles. The van der Waals surface area contributed by atoms with Crippen molar-refractivity contribution in [2.24, 2.45) is 0 Å². The number of carbonyl (C=O) groups excluding carboxylic acids is 1. The van der Waals surface area contributed by atoms with Crippen molar-refractivity contribution in [3.8, 4) is 0 Å². The number of hydrogen-bond acceptors (Lipinski definition) is 3. The van der Waals surface area contributed by atoms with Gasteiger partial charge in [0.15, 0.2) is 0 Å². The molecule has 0 saturated heterocycles. The van der Waals surface area contributed by atoms with Crippen LogP contribution < -0.4 is 9.62 Å². The molecular formula is C26H30N2O3S. The summed E-state index contributed by atoms with van der Waals surface area (Å²) in [5.74, 6) is -0.337. The van der Waals surface area contributed by atoms with E-state index in [1.807, 2.05) is 87.5 Å². The second-order valence-corrected chi connectivity index (χ2v) is 9.89. The van der Waals surface area contributed by atoms with Crippen molar-refractivity contribution in [3.63, 3.8) is 0 Å². The number of nitrogens with one attached hydrogen (secondary N) is 1. The number of benzene rings is 3. The van der Waals surface area contributed by atoms with Crippen LogP contribution in [0.3, 0.4) is 0 Å². The molecule has 3 rings (SSSR count). The molecule has 5 nitrogen and oxygen atoms in total. The minimum atomic E-state index is -3.69. The van der Waals surface area contributed by atoms with Crippen LogP contribution in [0.15, 0.2) is 78.9 Å². The van der Waals surface area contributed by atoms with E-state index < -0.39 is 22.1 Å². The van der Waals surface area contributed by atoms with Crippen LogP contribution in [0.25, 0.3) is 0 Å². The van der Waals surface area contributed by atoms with Crippen LogP contribution in [-0.4, -0.2) is 26.6 Å². The number of hydrogen-bond donors (Lipinski definition) is 1. The predicted molar refractivity (Wildman–Crippen MR) is 130 cm³/mol. The lowest BCUT2D eigenvalue weighted by atomic mass is 9.94. The Morgan fingerprint density at radius 1 is 0.906 bits per heavy atom. The summed E-state index contributed by atoms with van der Waals surface area (Å²) in [6.07, 6.45) is 1.47. The summed E-state index contributed by atoms with van der Waals surface area (Å²) in [6, 6.07) is 23.5. The lowest BCUT2D eigenvalue weighted by Crippen LogP contribution is -2.50. The zero-order valence-electron chi connectivity index (χ0n) is 18.9. The summed E-state index contributed by atoms with van der Waals surface area (Å²) in [5.41, 5.74) is 4.46. The Bertz CT molecular complexity index is 1160. The molecule has 0 spiro atoms. The van der Waals surface area contributed by atoms with Gasteiger partial charge in [-0.15, -0.1) is 0 Å². The van der Waals surface area contributed by atoms with E-state index in [9.17, 15) is 13.2 Å². The number of rotatable bonds is 8. The second kappa shape index (κ2) is 10.0. The van der Waals surface area contributed by atoms with Gasteiger partial charge in [-0.2, -0.15) is 0 Å². The predicted octanol–water partition coefficient (Wildman–Crippen LogP) is 4.75. The van der Waals surface area contributed by atoms with Crippen LogP contribution in [-0.2, 0) is 14.8 Å². The van der Waals surface area contributed by atoms with Crippen LogP contribution in [0.1, 0.15) is 41.6 Å². The molecule has 0 saturated carbocycles. The van der Waals surface area contributed by atoms with Gasteiger partial charge in [0.2, 0.25) is 15.9 Å². The summed E-state index contributed by atoms with van der Waals surface area (Å²) in [5, 5.41) is 3.13. The molecule has 1 N–H and O–H groups in total. The Kier molecular flexibility index (Phi) is 7.36. The average molecular weight is 451 g/mol. The zero-order valence-corrected chi connectivity index (χ0v) is 19.8. The van der Waals surface area contributed by atoms with E-state index in [2.05, 4.69) is 5.32 Å². The molecule has 0 unspecified atom stereocenters. The second-order valence-electron chi connectivity index (χ2n) is 8.03. The molecule has 1 amide bonds. The highest BCUT2D eigenvalue weighted by Crippen LogP contribution is 2.27. The van der Waals surface area contributed by atoms with E-state index in [4.69, 9.17) is 0 Å². The van der Waals surface area contributed by atoms with Crippen molar-refractivity contribution >= 4 is 21.6 Å². The van der Waals surface area contributed by atoms with Crippen molar-refractivity contribution in [2.75, 3.05) is 10.6 Å². The van der Waals surface area contributed by atoms with Crippen LogP contribution in [0, 0.1) is 13.8 Å². The first-order valence-corrected chi connectivity index (χ1v) is 12.5. The normalized spacial score (nSPS) is 13.2. The third-order valence-electron chi connectivity index (χ3n) is 5.54. The monoisotopic (exact) mass is 450 g/mol. The van der Waals surface area contributed by atoms with Gasteiger partial charge in [-0.05, 0) is 49.1 Å². The molecule has 0 fully saturated rings. The van der Waals surface area contributed by atoms with E-state index in [1.165, 1.54) is 4.31 Å². The number of anilines is 1. The lowest BCUT2D eigenvalue weighted by Gasteiger charge is -2.32. The van der Waals surface area contributed by atoms with Crippen molar-refractivity contribution in [2.45, 2.75) is 39.3 Å². The zero-order chi connectivity index (χ0) is 23.3. The quantitative estimate of drug-likeness (QED) is 0.538. The fraction of sp³-hybridized carbons (Fsp3) is 0.269. The largest absolute Gasteiger partial charge is 0.343 e. The smallest absolute Gasteiger partial charge is 0.244 e. The Hall–Kier alpha value is -3.12. The summed E-state index contributed by atoms with van der Waals surface area (Å²) < 4.78 is 26.7. The van der Waals surface area contributed by atoms with Gasteiger partial charge < -0.3 is 5.32 Å². The van der Waals surface area contributed by atoms with E-state index in [0.717, 1.165) is 28.5 Å². The van der Waals surface area contributed by atoms with Gasteiger partial charge in [-0.1, -0.05) is 79.2 Å². The van der Waals surface area contributed by atoms with Crippen molar-refractivity contribution in [3.05, 3.63) is 101 Å². The third-order valence-corrected chi connectivity index (χ3v) is 6.72. The Labute approximate surface area is 191 Å². The van der Waals surface area contributed by atoms with Gasteiger partial charge >= 0.3 is 0 Å². The molecule has 32 heavy (non-hydrogen) atoms. The molecule has 0 aliphatic carbocycles. The molecule has 3 aromatic carbocycles. The molecule has 0 heterocycles. The molecule has 0 aliphatic rings. The fourth-order valence-corrected chi connectivity index (χ4v) is 5.10. The maximum atomic E-state index is 13.6. The minimum absolute atomic E-state index is 0.335. The minimum Gasteiger partial charge on any atom is -0.343 e.